The fraction of sp³-hybridized carbons (Fsp3) is 0.815. The Labute approximate surface area is 895 Å². The maximum absolute atomic E-state index is 13.0. The van der Waals surface area contributed by atoms with Gasteiger partial charge in [0.25, 0.3) is 0 Å². The Kier molecular flexibility index (Phi) is 51.8. The lowest BCUT2D eigenvalue weighted by Gasteiger charge is -2.51. The highest BCUT2D eigenvalue weighted by atomic mass is 28.6. The van der Waals surface area contributed by atoms with E-state index in [1.165, 1.54) is 0 Å². The second-order valence-corrected chi connectivity index (χ2v) is 141. The Bertz CT molecular complexity index is 4200. The molecule has 6 atom stereocenters. The number of hydrogen-bond donors (Lipinski definition) is 0. The number of unbranched alkanes of at least 4 members (excludes halogenated alkanes) is 1. The van der Waals surface area contributed by atoms with Crippen LogP contribution in [0.4, 0.5) is 0 Å². The average molecular weight is 2490 g/mol. The first-order valence-electron chi connectivity index (χ1n) is 49.8. The average Bonchev–Trinajstić information content (AvgIpc) is 0.732. The third-order valence-electron chi connectivity index (χ3n) is 19.4. The minimum atomic E-state index is -4.34. The van der Waals surface area contributed by atoms with E-state index >= 15 is 0 Å². The standard InChI is InChI=1S/C81H192O37Si26/c1-72(2)77(82)87-62-56-57-67-136(47)111-137(48,68-58-63-88-78(83)73(3)4)114-142(53,115-138(49,112-136)69-59-64-89-79(84)74(5)6)108-133(41,42)103-129(33,34)104-135(45,46)110-144(55)117-140(51,71-61-66-91-81(86)76(9)10)113-139(50,70-60-65-90-80(85)75(7)8)116-143(54,118-144)109-134(43,44)102-128(31,32)98-127(29,30)101-132(39,40)107-141(52,105-130(35,36)99-125(25,26)96-123(21,22)94-121(17,18)92-119(11,12)13)106-131(37,38)100-126(27,28)97-124(23,24)95-122(19,20)93-120(14,15)16/h1,3,5,7,9,56-71H2,2,4,6,8,10-55H3. The normalized spacial score (nSPS) is 23.6. The summed E-state index contributed by atoms with van der Waals surface area (Å²) in [7, 11) is -87.4. The van der Waals surface area contributed by atoms with Crippen molar-refractivity contribution in [1.29, 1.82) is 0 Å². The Hall–Kier alpha value is 0.609. The van der Waals surface area contributed by atoms with Crippen LogP contribution in [0.15, 0.2) is 60.8 Å². The third kappa shape index (κ3) is 57.2. The van der Waals surface area contributed by atoms with Gasteiger partial charge in [0.15, 0.2) is 16.6 Å². The Morgan fingerprint density at radius 2 is 0.340 bits per heavy atom. The van der Waals surface area contributed by atoms with Crippen molar-refractivity contribution in [2.45, 2.75) is 398 Å². The second kappa shape index (κ2) is 53.1. The van der Waals surface area contributed by atoms with Crippen LogP contribution in [0.2, 0.25) is 325 Å². The molecule has 0 amide bonds. The van der Waals surface area contributed by atoms with E-state index in [1.54, 1.807) is 47.7 Å². The molecule has 2 aliphatic heterocycles. The van der Waals surface area contributed by atoms with Crippen LogP contribution >= 0.6 is 0 Å². The molecule has 842 valence electrons. The van der Waals surface area contributed by atoms with Crippen molar-refractivity contribution in [3.63, 3.8) is 0 Å². The molecule has 2 rings (SSSR count). The maximum Gasteiger partial charge on any atom is 0.472 e. The van der Waals surface area contributed by atoms with E-state index in [-0.39, 0.29) is 67.4 Å². The zero-order valence-electron chi connectivity index (χ0n) is 98.0. The summed E-state index contributed by atoms with van der Waals surface area (Å²) in [5, 5.41) is 0. The highest BCUT2D eigenvalue weighted by molar-refractivity contribution is 7.00. The van der Waals surface area contributed by atoms with Crippen molar-refractivity contribution in [1.82, 2.24) is 0 Å². The van der Waals surface area contributed by atoms with Gasteiger partial charge < -0.3 is 135 Å². The molecule has 0 aromatic carbocycles. The minimum Gasteiger partial charge on any atom is -0.462 e. The monoisotopic (exact) mass is 2480 g/mol. The van der Waals surface area contributed by atoms with Gasteiger partial charge in [-0.25, -0.2) is 24.0 Å². The molecule has 0 saturated carbocycles. The van der Waals surface area contributed by atoms with E-state index < -0.39 is 253 Å². The fourth-order valence-electron chi connectivity index (χ4n) is 18.7. The smallest absolute Gasteiger partial charge is 0.462 e. The van der Waals surface area contributed by atoms with Crippen LogP contribution in [0.3, 0.4) is 0 Å². The summed E-state index contributed by atoms with van der Waals surface area (Å²) in [6.45, 7) is 116. The van der Waals surface area contributed by atoms with Gasteiger partial charge in [-0.1, -0.05) is 32.9 Å². The van der Waals surface area contributed by atoms with Crippen LogP contribution in [-0.4, -0.2) is 286 Å². The number of carbonyl (C=O) groups excluding carboxylic acids is 5. The molecule has 2 aliphatic rings. The quantitative estimate of drug-likeness (QED) is 0.0179. The molecule has 2 fully saturated rings. The first-order chi connectivity index (χ1) is 63.7. The number of rotatable bonds is 64. The summed E-state index contributed by atoms with van der Waals surface area (Å²) in [6, 6.07) is 1.65. The van der Waals surface area contributed by atoms with Gasteiger partial charge in [0.05, 0.1) is 33.0 Å². The molecule has 0 aromatic rings. The molecule has 2 heterocycles. The molecule has 0 bridgehead atoms. The summed E-state index contributed by atoms with van der Waals surface area (Å²) in [4.78, 5) is 63.9. The second-order valence-electron chi connectivity index (χ2n) is 47.5. The molecule has 144 heavy (non-hydrogen) atoms. The molecular weight excluding hydrogens is 2300 g/mol. The molecule has 0 spiro atoms. The van der Waals surface area contributed by atoms with Crippen LogP contribution in [0.5, 0.6) is 0 Å². The molecule has 6 unspecified atom stereocenters. The molecular formula is C81H192O37Si26. The summed E-state index contributed by atoms with van der Waals surface area (Å²) in [5.41, 5.74) is 1.28. The van der Waals surface area contributed by atoms with Crippen molar-refractivity contribution < 1.29 is 159 Å². The van der Waals surface area contributed by atoms with Gasteiger partial charge in [0, 0.05) is 54.1 Å². The van der Waals surface area contributed by atoms with Gasteiger partial charge in [-0.3, -0.25) is 0 Å². The van der Waals surface area contributed by atoms with E-state index in [1.807, 2.05) is 216 Å². The van der Waals surface area contributed by atoms with Gasteiger partial charge in [0.1, 0.15) is 0 Å². The first kappa shape index (κ1) is 141. The lowest BCUT2D eigenvalue weighted by Crippen LogP contribution is -2.72. The Balaban J connectivity index is 3.00. The number of carbonyl (C=O) groups is 5. The molecule has 63 heteroatoms. The van der Waals surface area contributed by atoms with Crippen molar-refractivity contribution in [3.8, 4) is 0 Å². The zero-order valence-corrected chi connectivity index (χ0v) is 124. The van der Waals surface area contributed by atoms with Gasteiger partial charge in [-0.2, -0.15) is 0 Å². The molecule has 0 radical (unpaired) electrons. The molecule has 37 nitrogen and oxygen atoms in total. The molecule has 0 aromatic heterocycles. The van der Waals surface area contributed by atoms with Crippen molar-refractivity contribution in [3.05, 3.63) is 60.8 Å². The predicted octanol–water partition coefficient (Wildman–Crippen LogP) is 22.2. The van der Waals surface area contributed by atoms with E-state index in [4.69, 9.17) is 135 Å². The van der Waals surface area contributed by atoms with Gasteiger partial charge in [0.2, 0.25) is 0 Å². The largest absolute Gasteiger partial charge is 0.472 e. The van der Waals surface area contributed by atoms with E-state index in [0.717, 1.165) is 0 Å². The third-order valence-corrected chi connectivity index (χ3v) is 125. The lowest BCUT2D eigenvalue weighted by molar-refractivity contribution is -0.139. The Morgan fingerprint density at radius 1 is 0.194 bits per heavy atom. The van der Waals surface area contributed by atoms with Crippen LogP contribution in [0, 0.1) is 0 Å². The van der Waals surface area contributed by atoms with E-state index in [2.05, 4.69) is 98.4 Å². The highest BCUT2D eigenvalue weighted by Crippen LogP contribution is 2.45. The van der Waals surface area contributed by atoms with Gasteiger partial charge in [-0.15, -0.1) is 0 Å². The van der Waals surface area contributed by atoms with E-state index in [9.17, 15) is 24.0 Å². The zero-order chi connectivity index (χ0) is 113. The van der Waals surface area contributed by atoms with Crippen LogP contribution in [-0.2, 0) is 159 Å². The highest BCUT2D eigenvalue weighted by Gasteiger charge is 2.66. The summed E-state index contributed by atoms with van der Waals surface area (Å²) < 4.78 is 225. The lowest BCUT2D eigenvalue weighted by atomic mass is 10.3. The van der Waals surface area contributed by atoms with Crippen LogP contribution < -0.4 is 0 Å². The SMILES string of the molecule is C=C(C)C(=O)OCCCC[Si]1(C)O[Si](C)(CCCOC(=O)C(=C)C)O[Si](C)(O[Si](C)(C)O[Si](C)(C)O[Si](C)(C)O[Si]2(C)O[Si](C)(CCCOC(=O)C(=C)C)O[Si](C)(CCCOC(=O)C(=C)C)O[Si](C)(O[Si](C)(C)O[Si](C)(C)O[Si](C)(C)O[Si](C)(C)O[Si](C)(O[Si](C)(C)O[Si](C)(C)O[Si](C)(C)O[Si](C)(C)O[Si](C)(C)C)O[Si](C)(C)O[Si](C)(C)O[Si](C)(C)O[Si](C)(C)O[Si](C)(C)C)O2)O[Si](C)(CCCOC(=O)C(=C)C)O1. The van der Waals surface area contributed by atoms with Gasteiger partial charge >= 0.3 is 236 Å². The van der Waals surface area contributed by atoms with Crippen molar-refractivity contribution in [2.24, 2.45) is 0 Å². The number of ether oxygens (including phenoxy) is 5. The molecule has 0 aliphatic carbocycles. The summed E-state index contributed by atoms with van der Waals surface area (Å²) in [5.74, 6) is -2.65. The summed E-state index contributed by atoms with van der Waals surface area (Å²) >= 11 is 0. The molecule has 2 saturated heterocycles. The number of hydrogen-bond acceptors (Lipinski definition) is 37. The van der Waals surface area contributed by atoms with Crippen LogP contribution in [0.25, 0.3) is 0 Å². The van der Waals surface area contributed by atoms with Crippen molar-refractivity contribution >= 4 is 253 Å². The first-order valence-corrected chi connectivity index (χ1v) is 120. The molecule has 0 N–H and O–H groups in total. The topological polar surface area (TPSA) is 381 Å². The van der Waals surface area contributed by atoms with Crippen LogP contribution in [0.1, 0.15) is 73.1 Å². The van der Waals surface area contributed by atoms with Gasteiger partial charge in [-0.05, 0) is 372 Å². The predicted molar refractivity (Wildman–Crippen MR) is 623 cm³/mol. The Morgan fingerprint density at radius 3 is 0.521 bits per heavy atom. The summed E-state index contributed by atoms with van der Waals surface area (Å²) in [6.07, 6.45) is 2.36. The number of esters is 5. The maximum atomic E-state index is 13.0. The fourth-order valence-corrected chi connectivity index (χ4v) is 156. The minimum absolute atomic E-state index is 0.00466. The van der Waals surface area contributed by atoms with E-state index in [0.29, 0.717) is 62.2 Å². The van der Waals surface area contributed by atoms with Crippen molar-refractivity contribution in [2.75, 3.05) is 33.0 Å².